The summed E-state index contributed by atoms with van der Waals surface area (Å²) >= 11 is 0. The molecule has 0 saturated heterocycles. The Kier molecular flexibility index (Phi) is 3.65. The molecule has 1 atom stereocenters. The lowest BCUT2D eigenvalue weighted by Crippen LogP contribution is -2.32. The Hall–Kier alpha value is -1.85. The number of nitrogens with one attached hydrogen (secondary N) is 1. The fourth-order valence-electron chi connectivity index (χ4n) is 1.25. The Bertz CT molecular complexity index is 411. The van der Waals surface area contributed by atoms with Gasteiger partial charge in [-0.25, -0.2) is 0 Å². The van der Waals surface area contributed by atoms with Crippen LogP contribution in [0.2, 0.25) is 0 Å². The number of nitrogens with zero attached hydrogens (tertiary/aromatic N) is 2. The van der Waals surface area contributed by atoms with Crippen molar-refractivity contribution in [1.29, 1.82) is 0 Å². The first-order valence-corrected chi connectivity index (χ1v) is 4.93. The average Bonchev–Trinajstić information content (AvgIpc) is 2.53. The molecule has 6 heteroatoms. The van der Waals surface area contributed by atoms with Gasteiger partial charge in [0.1, 0.15) is 0 Å². The monoisotopic (exact) mass is 225 g/mol. The van der Waals surface area contributed by atoms with E-state index in [4.69, 9.17) is 5.11 Å². The molecule has 2 N–H and O–H groups in total. The van der Waals surface area contributed by atoms with Crippen LogP contribution in [0.1, 0.15) is 23.0 Å². The van der Waals surface area contributed by atoms with Gasteiger partial charge in [-0.1, -0.05) is 6.92 Å². The molecule has 0 saturated carbocycles. The van der Waals surface area contributed by atoms with Crippen LogP contribution in [0.5, 0.6) is 0 Å². The Morgan fingerprint density at radius 1 is 1.62 bits per heavy atom. The van der Waals surface area contributed by atoms with Crippen molar-refractivity contribution in [2.24, 2.45) is 13.0 Å². The van der Waals surface area contributed by atoms with Crippen LogP contribution < -0.4 is 5.32 Å². The summed E-state index contributed by atoms with van der Waals surface area (Å²) in [5.41, 5.74) is 1.10. The predicted molar refractivity (Wildman–Crippen MR) is 57.1 cm³/mol. The van der Waals surface area contributed by atoms with E-state index in [1.807, 2.05) is 0 Å². The molecule has 0 radical (unpaired) electrons. The zero-order chi connectivity index (χ0) is 12.3. The molecule has 1 heterocycles. The highest BCUT2D eigenvalue weighted by atomic mass is 16.4. The van der Waals surface area contributed by atoms with E-state index in [0.717, 1.165) is 5.56 Å². The summed E-state index contributed by atoms with van der Waals surface area (Å²) in [6, 6.07) is 0. The lowest BCUT2D eigenvalue weighted by Gasteiger charge is -2.07. The van der Waals surface area contributed by atoms with Gasteiger partial charge >= 0.3 is 5.97 Å². The van der Waals surface area contributed by atoms with E-state index in [9.17, 15) is 9.59 Å². The maximum Gasteiger partial charge on any atom is 0.308 e. The number of aromatic nitrogens is 2. The normalized spacial score (nSPS) is 12.2. The molecule has 1 aromatic rings. The molecule has 1 aromatic heterocycles. The zero-order valence-corrected chi connectivity index (χ0v) is 9.52. The van der Waals surface area contributed by atoms with Gasteiger partial charge in [-0.3, -0.25) is 14.3 Å². The Balaban J connectivity index is 2.60. The molecule has 0 spiro atoms. The van der Waals surface area contributed by atoms with E-state index in [-0.39, 0.29) is 12.5 Å². The van der Waals surface area contributed by atoms with Gasteiger partial charge in [0, 0.05) is 25.4 Å². The number of amides is 1. The van der Waals surface area contributed by atoms with E-state index in [0.29, 0.717) is 5.69 Å². The highest BCUT2D eigenvalue weighted by Crippen LogP contribution is 2.04. The lowest BCUT2D eigenvalue weighted by atomic mass is 10.2. The van der Waals surface area contributed by atoms with Gasteiger partial charge in [-0.15, -0.1) is 0 Å². The maximum atomic E-state index is 11.6. The van der Waals surface area contributed by atoms with Crippen LogP contribution >= 0.6 is 0 Å². The second-order valence-corrected chi connectivity index (χ2v) is 3.78. The van der Waals surface area contributed by atoms with Crippen molar-refractivity contribution < 1.29 is 14.7 Å². The van der Waals surface area contributed by atoms with Crippen molar-refractivity contribution in [3.8, 4) is 0 Å². The number of aryl methyl sites for hydroxylation is 2. The van der Waals surface area contributed by atoms with Crippen molar-refractivity contribution in [2.45, 2.75) is 13.8 Å². The van der Waals surface area contributed by atoms with Gasteiger partial charge in [0.2, 0.25) is 0 Å². The van der Waals surface area contributed by atoms with Crippen molar-refractivity contribution >= 4 is 11.9 Å². The fourth-order valence-corrected chi connectivity index (χ4v) is 1.25. The van der Waals surface area contributed by atoms with Gasteiger partial charge in [0.05, 0.1) is 5.92 Å². The zero-order valence-electron chi connectivity index (χ0n) is 9.52. The molecule has 0 fully saturated rings. The summed E-state index contributed by atoms with van der Waals surface area (Å²) in [5.74, 6) is -1.88. The SMILES string of the molecule is Cc1cn(C)nc1C(=O)NCC(C)C(=O)O. The largest absolute Gasteiger partial charge is 0.481 e. The Morgan fingerprint density at radius 3 is 2.69 bits per heavy atom. The summed E-state index contributed by atoms with van der Waals surface area (Å²) in [5, 5.41) is 15.2. The highest BCUT2D eigenvalue weighted by Gasteiger charge is 2.16. The van der Waals surface area contributed by atoms with Crippen molar-refractivity contribution in [3.05, 3.63) is 17.5 Å². The molecule has 6 nitrogen and oxygen atoms in total. The molecule has 0 aliphatic heterocycles. The molecule has 0 aromatic carbocycles. The van der Waals surface area contributed by atoms with Gasteiger partial charge in [0.15, 0.2) is 5.69 Å². The average molecular weight is 225 g/mol. The molecule has 88 valence electrons. The van der Waals surface area contributed by atoms with E-state index in [2.05, 4.69) is 10.4 Å². The molecular formula is C10H15N3O3. The first kappa shape index (κ1) is 12.2. The second-order valence-electron chi connectivity index (χ2n) is 3.78. The first-order valence-electron chi connectivity index (χ1n) is 4.93. The van der Waals surface area contributed by atoms with Crippen LogP contribution in [0.4, 0.5) is 0 Å². The summed E-state index contributed by atoms with van der Waals surface area (Å²) in [4.78, 5) is 22.2. The van der Waals surface area contributed by atoms with Crippen LogP contribution in [-0.2, 0) is 11.8 Å². The molecule has 0 bridgehead atoms. The molecule has 1 unspecified atom stereocenters. The summed E-state index contributed by atoms with van der Waals surface area (Å²) < 4.78 is 1.55. The second kappa shape index (κ2) is 4.78. The molecule has 0 aliphatic rings. The minimum absolute atomic E-state index is 0.101. The quantitative estimate of drug-likeness (QED) is 0.765. The third-order valence-corrected chi connectivity index (χ3v) is 2.22. The molecule has 16 heavy (non-hydrogen) atoms. The van der Waals surface area contributed by atoms with Crippen LogP contribution in [0.25, 0.3) is 0 Å². The minimum Gasteiger partial charge on any atom is -0.481 e. The van der Waals surface area contributed by atoms with E-state index in [1.54, 1.807) is 24.9 Å². The number of hydrogen-bond acceptors (Lipinski definition) is 3. The summed E-state index contributed by atoms with van der Waals surface area (Å²) in [6.07, 6.45) is 1.73. The van der Waals surface area contributed by atoms with Gasteiger partial charge in [-0.05, 0) is 6.92 Å². The number of rotatable bonds is 4. The number of carbonyl (C=O) groups excluding carboxylic acids is 1. The molecule has 1 amide bonds. The van der Waals surface area contributed by atoms with E-state index < -0.39 is 11.9 Å². The third-order valence-electron chi connectivity index (χ3n) is 2.22. The number of aliphatic carboxylic acids is 1. The molecule has 1 rings (SSSR count). The number of carbonyl (C=O) groups is 2. The van der Waals surface area contributed by atoms with Crippen LogP contribution in [0.15, 0.2) is 6.20 Å². The summed E-state index contributed by atoms with van der Waals surface area (Å²) in [6.45, 7) is 3.42. The van der Waals surface area contributed by atoms with Crippen LogP contribution in [0.3, 0.4) is 0 Å². The van der Waals surface area contributed by atoms with Crippen molar-refractivity contribution in [3.63, 3.8) is 0 Å². The van der Waals surface area contributed by atoms with Crippen LogP contribution in [-0.4, -0.2) is 33.3 Å². The topological polar surface area (TPSA) is 84.2 Å². The van der Waals surface area contributed by atoms with E-state index in [1.165, 1.54) is 6.92 Å². The number of carboxylic acids is 1. The smallest absolute Gasteiger partial charge is 0.308 e. The predicted octanol–water partition coefficient (Wildman–Crippen LogP) is 0.179. The maximum absolute atomic E-state index is 11.6. The van der Waals surface area contributed by atoms with E-state index >= 15 is 0 Å². The van der Waals surface area contributed by atoms with Crippen molar-refractivity contribution in [1.82, 2.24) is 15.1 Å². The standard InChI is InChI=1S/C10H15N3O3/c1-6(10(15)16)4-11-9(14)8-7(2)5-13(3)12-8/h5-6H,4H2,1-3H3,(H,11,14)(H,15,16). The Morgan fingerprint density at radius 2 is 2.25 bits per heavy atom. The molecular weight excluding hydrogens is 210 g/mol. The summed E-state index contributed by atoms with van der Waals surface area (Å²) in [7, 11) is 1.73. The van der Waals surface area contributed by atoms with Gasteiger partial charge in [-0.2, -0.15) is 5.10 Å². The minimum atomic E-state index is -0.932. The van der Waals surface area contributed by atoms with Gasteiger partial charge < -0.3 is 10.4 Å². The third kappa shape index (κ3) is 2.82. The first-order chi connectivity index (χ1) is 7.41. The molecule has 0 aliphatic carbocycles. The number of hydrogen-bond donors (Lipinski definition) is 2. The van der Waals surface area contributed by atoms with Gasteiger partial charge in [0.25, 0.3) is 5.91 Å². The Labute approximate surface area is 93.3 Å². The highest BCUT2D eigenvalue weighted by molar-refractivity contribution is 5.93. The fraction of sp³-hybridized carbons (Fsp3) is 0.500. The lowest BCUT2D eigenvalue weighted by molar-refractivity contribution is -0.140. The number of carboxylic acid groups (broad SMARTS) is 1. The van der Waals surface area contributed by atoms with Crippen LogP contribution in [0, 0.1) is 12.8 Å². The van der Waals surface area contributed by atoms with Crippen molar-refractivity contribution in [2.75, 3.05) is 6.54 Å².